The number of sulfonamides is 1. The zero-order chi connectivity index (χ0) is 20.9. The fourth-order valence-electron chi connectivity index (χ4n) is 3.20. The summed E-state index contributed by atoms with van der Waals surface area (Å²) in [5.74, 6) is -1.21. The van der Waals surface area contributed by atoms with Crippen molar-refractivity contribution in [1.29, 1.82) is 0 Å². The van der Waals surface area contributed by atoms with Gasteiger partial charge in [-0.05, 0) is 38.0 Å². The first-order valence-corrected chi connectivity index (χ1v) is 11.3. The van der Waals surface area contributed by atoms with Crippen LogP contribution >= 0.6 is 11.6 Å². The summed E-state index contributed by atoms with van der Waals surface area (Å²) in [6.45, 7) is 5.55. The predicted octanol–water partition coefficient (Wildman–Crippen LogP) is 2.97. The molecule has 7 nitrogen and oxygen atoms in total. The van der Waals surface area contributed by atoms with Crippen LogP contribution in [0.4, 0.5) is 0 Å². The van der Waals surface area contributed by atoms with Crippen LogP contribution in [0.5, 0.6) is 0 Å². The smallest absolute Gasteiger partial charge is 0.340 e. The molecule has 1 aliphatic rings. The van der Waals surface area contributed by atoms with Crippen LogP contribution < -0.4 is 5.32 Å². The normalized spacial score (nSPS) is 16.2. The first-order chi connectivity index (χ1) is 13.2. The zero-order valence-corrected chi connectivity index (χ0v) is 18.0. The molecule has 0 aliphatic heterocycles. The summed E-state index contributed by atoms with van der Waals surface area (Å²) in [5, 5.41) is 2.93. The van der Waals surface area contributed by atoms with Crippen molar-refractivity contribution in [3.05, 3.63) is 28.8 Å². The standard InChI is InChI=1S/C19H27ClN2O5S/c1-4-22(5-2)28(25,26)15-10-11-17(20)16(12-15)19(24)27-13(3)18(23)21-14-8-6-7-9-14/h10-14H,4-9H2,1-3H3,(H,21,23). The van der Waals surface area contributed by atoms with Gasteiger partial charge in [-0.3, -0.25) is 4.79 Å². The van der Waals surface area contributed by atoms with Crippen molar-refractivity contribution in [3.8, 4) is 0 Å². The highest BCUT2D eigenvalue weighted by Crippen LogP contribution is 2.24. The highest BCUT2D eigenvalue weighted by atomic mass is 35.5. The van der Waals surface area contributed by atoms with Gasteiger partial charge in [-0.25, -0.2) is 13.2 Å². The van der Waals surface area contributed by atoms with Gasteiger partial charge in [0.15, 0.2) is 6.10 Å². The number of halogens is 1. The van der Waals surface area contributed by atoms with E-state index in [1.807, 2.05) is 0 Å². The second kappa shape index (κ2) is 9.71. The van der Waals surface area contributed by atoms with Crippen LogP contribution in [0, 0.1) is 0 Å². The van der Waals surface area contributed by atoms with E-state index < -0.39 is 22.1 Å². The molecule has 0 aromatic heterocycles. The number of carbonyl (C=O) groups is 2. The summed E-state index contributed by atoms with van der Waals surface area (Å²) in [4.78, 5) is 24.7. The van der Waals surface area contributed by atoms with E-state index in [0.717, 1.165) is 25.7 Å². The predicted molar refractivity (Wildman–Crippen MR) is 107 cm³/mol. The van der Waals surface area contributed by atoms with Crippen LogP contribution in [-0.2, 0) is 19.6 Å². The fourth-order valence-corrected chi connectivity index (χ4v) is 4.88. The molecule has 1 aromatic carbocycles. The molecule has 28 heavy (non-hydrogen) atoms. The van der Waals surface area contributed by atoms with E-state index >= 15 is 0 Å². The Hall–Kier alpha value is -1.64. The molecular weight excluding hydrogens is 404 g/mol. The topological polar surface area (TPSA) is 92.8 Å². The van der Waals surface area contributed by atoms with Crippen molar-refractivity contribution >= 4 is 33.5 Å². The molecule has 1 N–H and O–H groups in total. The average molecular weight is 431 g/mol. The van der Waals surface area contributed by atoms with Gasteiger partial charge in [0, 0.05) is 19.1 Å². The molecule has 1 saturated carbocycles. The van der Waals surface area contributed by atoms with Gasteiger partial charge in [-0.15, -0.1) is 0 Å². The molecule has 156 valence electrons. The largest absolute Gasteiger partial charge is 0.449 e. The Kier molecular flexibility index (Phi) is 7.86. The molecule has 0 saturated heterocycles. The van der Waals surface area contributed by atoms with Gasteiger partial charge < -0.3 is 10.1 Å². The second-order valence-corrected chi connectivity index (χ2v) is 9.11. The van der Waals surface area contributed by atoms with E-state index in [9.17, 15) is 18.0 Å². The molecule has 1 aromatic rings. The maximum atomic E-state index is 12.7. The van der Waals surface area contributed by atoms with E-state index in [1.54, 1.807) is 13.8 Å². The Morgan fingerprint density at radius 1 is 1.25 bits per heavy atom. The SMILES string of the molecule is CCN(CC)S(=O)(=O)c1ccc(Cl)c(C(=O)OC(C)C(=O)NC2CCCC2)c1. The van der Waals surface area contributed by atoms with Crippen LogP contribution in [0.1, 0.15) is 56.8 Å². The fraction of sp³-hybridized carbons (Fsp3) is 0.579. The van der Waals surface area contributed by atoms with Crippen molar-refractivity contribution < 1.29 is 22.7 Å². The monoisotopic (exact) mass is 430 g/mol. The molecule has 0 heterocycles. The van der Waals surface area contributed by atoms with E-state index in [4.69, 9.17) is 16.3 Å². The number of hydrogen-bond donors (Lipinski definition) is 1. The number of hydrogen-bond acceptors (Lipinski definition) is 5. The number of nitrogens with one attached hydrogen (secondary N) is 1. The lowest BCUT2D eigenvalue weighted by Crippen LogP contribution is -2.40. The third-order valence-electron chi connectivity index (χ3n) is 4.86. The minimum absolute atomic E-state index is 0.0457. The van der Waals surface area contributed by atoms with Gasteiger partial charge in [0.2, 0.25) is 10.0 Å². The Balaban J connectivity index is 2.15. The third-order valence-corrected chi connectivity index (χ3v) is 7.23. The van der Waals surface area contributed by atoms with Crippen LogP contribution in [0.25, 0.3) is 0 Å². The second-order valence-electron chi connectivity index (χ2n) is 6.77. The molecule has 0 radical (unpaired) electrons. The first-order valence-electron chi connectivity index (χ1n) is 9.51. The number of amides is 1. The molecule has 1 fully saturated rings. The molecule has 9 heteroatoms. The summed E-state index contributed by atoms with van der Waals surface area (Å²) in [5.41, 5.74) is -0.0876. The molecule has 1 unspecified atom stereocenters. The van der Waals surface area contributed by atoms with E-state index in [0.29, 0.717) is 13.1 Å². The van der Waals surface area contributed by atoms with Gasteiger partial charge in [0.05, 0.1) is 15.5 Å². The van der Waals surface area contributed by atoms with Crippen molar-refractivity contribution in [2.45, 2.75) is 63.5 Å². The van der Waals surface area contributed by atoms with Crippen molar-refractivity contribution in [1.82, 2.24) is 9.62 Å². The minimum atomic E-state index is -3.75. The molecule has 0 bridgehead atoms. The number of ether oxygens (including phenoxy) is 1. The summed E-state index contributed by atoms with van der Waals surface area (Å²) in [7, 11) is -3.75. The summed E-state index contributed by atoms with van der Waals surface area (Å²) < 4.78 is 31.8. The van der Waals surface area contributed by atoms with Crippen LogP contribution in [0.3, 0.4) is 0 Å². The average Bonchev–Trinajstić information content (AvgIpc) is 3.15. The molecule has 1 amide bonds. The van der Waals surface area contributed by atoms with E-state index in [1.165, 1.54) is 29.4 Å². The highest BCUT2D eigenvalue weighted by Gasteiger charge is 2.27. The molecule has 0 spiro atoms. The number of rotatable bonds is 8. The lowest BCUT2D eigenvalue weighted by molar-refractivity contribution is -0.129. The summed E-state index contributed by atoms with van der Waals surface area (Å²) >= 11 is 6.08. The highest BCUT2D eigenvalue weighted by molar-refractivity contribution is 7.89. The van der Waals surface area contributed by atoms with Crippen LogP contribution in [-0.4, -0.2) is 49.8 Å². The van der Waals surface area contributed by atoms with E-state index in [2.05, 4.69) is 5.32 Å². The van der Waals surface area contributed by atoms with Crippen LogP contribution in [0.2, 0.25) is 5.02 Å². The number of carbonyl (C=O) groups excluding carboxylic acids is 2. The Bertz CT molecular complexity index is 818. The maximum Gasteiger partial charge on any atom is 0.340 e. The molecular formula is C19H27ClN2O5S. The quantitative estimate of drug-likeness (QED) is 0.640. The number of benzene rings is 1. The van der Waals surface area contributed by atoms with Gasteiger partial charge >= 0.3 is 5.97 Å². The van der Waals surface area contributed by atoms with Gasteiger partial charge in [-0.2, -0.15) is 4.31 Å². The molecule has 2 rings (SSSR count). The first kappa shape index (κ1) is 22.6. The summed E-state index contributed by atoms with van der Waals surface area (Å²) in [6, 6.07) is 4.00. The molecule has 1 atom stereocenters. The van der Waals surface area contributed by atoms with Gasteiger partial charge in [0.25, 0.3) is 5.91 Å². The lowest BCUT2D eigenvalue weighted by Gasteiger charge is -2.20. The Morgan fingerprint density at radius 2 is 1.86 bits per heavy atom. The van der Waals surface area contributed by atoms with Crippen LogP contribution in [0.15, 0.2) is 23.1 Å². The lowest BCUT2D eigenvalue weighted by atomic mass is 10.2. The maximum absolute atomic E-state index is 12.7. The van der Waals surface area contributed by atoms with Gasteiger partial charge in [-0.1, -0.05) is 38.3 Å². The zero-order valence-electron chi connectivity index (χ0n) is 16.4. The van der Waals surface area contributed by atoms with Gasteiger partial charge in [0.1, 0.15) is 0 Å². The number of esters is 1. The van der Waals surface area contributed by atoms with E-state index in [-0.39, 0.29) is 27.4 Å². The Labute approximate surface area is 171 Å². The Morgan fingerprint density at radius 3 is 2.43 bits per heavy atom. The van der Waals surface area contributed by atoms with Crippen molar-refractivity contribution in [2.75, 3.05) is 13.1 Å². The number of nitrogens with zero attached hydrogens (tertiary/aromatic N) is 1. The van der Waals surface area contributed by atoms with Crippen molar-refractivity contribution in [3.63, 3.8) is 0 Å². The van der Waals surface area contributed by atoms with Crippen molar-refractivity contribution in [2.24, 2.45) is 0 Å². The minimum Gasteiger partial charge on any atom is -0.449 e. The molecule has 1 aliphatic carbocycles. The summed E-state index contributed by atoms with van der Waals surface area (Å²) in [6.07, 6.45) is 2.98. The third kappa shape index (κ3) is 5.24.